The Bertz CT molecular complexity index is 245. The summed E-state index contributed by atoms with van der Waals surface area (Å²) in [5.41, 5.74) is 0. The molecule has 0 aliphatic carbocycles. The molecule has 0 aromatic carbocycles. The van der Waals surface area contributed by atoms with Gasteiger partial charge in [-0.3, -0.25) is 0 Å². The van der Waals surface area contributed by atoms with Crippen molar-refractivity contribution in [3.8, 4) is 0 Å². The van der Waals surface area contributed by atoms with Crippen molar-refractivity contribution in [2.45, 2.75) is 32.2 Å². The molecule has 0 spiro atoms. The molecule has 1 aromatic heterocycles. The van der Waals surface area contributed by atoms with Gasteiger partial charge in [0.2, 0.25) is 0 Å². The zero-order valence-electron chi connectivity index (χ0n) is 7.73. The van der Waals surface area contributed by atoms with Gasteiger partial charge in [0.25, 0.3) is 0 Å². The molecule has 0 unspecified atom stereocenters. The molecule has 2 rings (SSSR count). The van der Waals surface area contributed by atoms with Crippen LogP contribution in [0.4, 0.5) is 0 Å². The van der Waals surface area contributed by atoms with E-state index in [1.54, 1.807) is 11.3 Å². The van der Waals surface area contributed by atoms with Crippen LogP contribution in [0.15, 0.2) is 17.5 Å². The summed E-state index contributed by atoms with van der Waals surface area (Å²) in [6.45, 7) is 2.74. The van der Waals surface area contributed by atoms with E-state index in [1.165, 1.54) is 4.88 Å². The minimum Gasteiger partial charge on any atom is -0.353 e. The highest BCUT2D eigenvalue weighted by Crippen LogP contribution is 2.35. The van der Waals surface area contributed by atoms with Crippen LogP contribution in [0, 0.1) is 0 Å². The van der Waals surface area contributed by atoms with Gasteiger partial charge in [0.1, 0.15) is 0 Å². The second-order valence-corrected chi connectivity index (χ2v) is 4.08. The molecule has 1 saturated heterocycles. The lowest BCUT2D eigenvalue weighted by atomic mass is 10.2. The van der Waals surface area contributed by atoms with Crippen molar-refractivity contribution < 1.29 is 9.47 Å². The molecule has 13 heavy (non-hydrogen) atoms. The standard InChI is InChI=1S/C10H14O2S/c1-2-11-10-6-5-8(12-10)9-4-3-7-13-9/h3-4,7-8,10H,2,5-6H2,1H3/t8-,10+/m1/s1. The van der Waals surface area contributed by atoms with E-state index in [2.05, 4.69) is 17.5 Å². The molecule has 2 atom stereocenters. The van der Waals surface area contributed by atoms with Gasteiger partial charge >= 0.3 is 0 Å². The largest absolute Gasteiger partial charge is 0.353 e. The van der Waals surface area contributed by atoms with Gasteiger partial charge in [-0.25, -0.2) is 0 Å². The summed E-state index contributed by atoms with van der Waals surface area (Å²) in [5.74, 6) is 0. The molecular formula is C10H14O2S. The maximum Gasteiger partial charge on any atom is 0.158 e. The van der Waals surface area contributed by atoms with Crippen LogP contribution in [0.2, 0.25) is 0 Å². The molecule has 1 fully saturated rings. The molecule has 1 aliphatic heterocycles. The van der Waals surface area contributed by atoms with Crippen molar-refractivity contribution in [1.29, 1.82) is 0 Å². The van der Waals surface area contributed by atoms with Gasteiger partial charge in [-0.15, -0.1) is 11.3 Å². The molecule has 3 heteroatoms. The van der Waals surface area contributed by atoms with Crippen molar-refractivity contribution in [1.82, 2.24) is 0 Å². The lowest BCUT2D eigenvalue weighted by Crippen LogP contribution is -2.10. The Morgan fingerprint density at radius 1 is 1.62 bits per heavy atom. The summed E-state index contributed by atoms with van der Waals surface area (Å²) >= 11 is 1.76. The van der Waals surface area contributed by atoms with E-state index >= 15 is 0 Å². The first-order chi connectivity index (χ1) is 6.40. The van der Waals surface area contributed by atoms with Crippen LogP contribution in [0.25, 0.3) is 0 Å². The first-order valence-corrected chi connectivity index (χ1v) is 5.58. The van der Waals surface area contributed by atoms with Gasteiger partial charge in [0.05, 0.1) is 6.10 Å². The number of ether oxygens (including phenoxy) is 2. The molecule has 0 N–H and O–H groups in total. The first-order valence-electron chi connectivity index (χ1n) is 4.70. The molecule has 2 heterocycles. The normalized spacial score (nSPS) is 28.1. The molecule has 0 saturated carbocycles. The Labute approximate surface area is 82.5 Å². The molecule has 1 aliphatic rings. The van der Waals surface area contributed by atoms with E-state index in [4.69, 9.17) is 9.47 Å². The van der Waals surface area contributed by atoms with E-state index in [1.807, 2.05) is 6.92 Å². The third kappa shape index (κ3) is 2.10. The Morgan fingerprint density at radius 2 is 2.54 bits per heavy atom. The topological polar surface area (TPSA) is 18.5 Å². The summed E-state index contributed by atoms with van der Waals surface area (Å²) in [5, 5.41) is 2.09. The van der Waals surface area contributed by atoms with E-state index in [9.17, 15) is 0 Å². The maximum absolute atomic E-state index is 5.73. The van der Waals surface area contributed by atoms with Crippen LogP contribution in [-0.2, 0) is 9.47 Å². The minimum absolute atomic E-state index is 0.0251. The van der Waals surface area contributed by atoms with Gasteiger partial charge in [0.15, 0.2) is 6.29 Å². The zero-order chi connectivity index (χ0) is 9.10. The van der Waals surface area contributed by atoms with Crippen molar-refractivity contribution in [2.24, 2.45) is 0 Å². The zero-order valence-corrected chi connectivity index (χ0v) is 8.55. The van der Waals surface area contributed by atoms with Gasteiger partial charge < -0.3 is 9.47 Å². The van der Waals surface area contributed by atoms with Crippen molar-refractivity contribution in [3.63, 3.8) is 0 Å². The summed E-state index contributed by atoms with van der Waals surface area (Å²) in [6.07, 6.45) is 2.41. The SMILES string of the molecule is CCO[C@@H]1CC[C@H](c2cccs2)O1. The average Bonchev–Trinajstić information content (AvgIpc) is 2.70. The second kappa shape index (κ2) is 4.22. The maximum atomic E-state index is 5.73. The highest BCUT2D eigenvalue weighted by atomic mass is 32.1. The van der Waals surface area contributed by atoms with Crippen LogP contribution < -0.4 is 0 Å². The molecule has 1 aromatic rings. The molecule has 0 radical (unpaired) electrons. The summed E-state index contributed by atoms with van der Waals surface area (Å²) in [4.78, 5) is 1.32. The Kier molecular flexibility index (Phi) is 2.98. The quantitative estimate of drug-likeness (QED) is 0.743. The van der Waals surface area contributed by atoms with Crippen LogP contribution in [0.3, 0.4) is 0 Å². The molecule has 0 amide bonds. The molecular weight excluding hydrogens is 184 g/mol. The molecule has 72 valence electrons. The number of rotatable bonds is 3. The highest BCUT2D eigenvalue weighted by molar-refractivity contribution is 7.10. The Balaban J connectivity index is 1.91. The summed E-state index contributed by atoms with van der Waals surface area (Å²) in [6, 6.07) is 4.20. The van der Waals surface area contributed by atoms with Crippen molar-refractivity contribution in [3.05, 3.63) is 22.4 Å². The molecule has 2 nitrogen and oxygen atoms in total. The Hall–Kier alpha value is -0.380. The number of hydrogen-bond donors (Lipinski definition) is 0. The summed E-state index contributed by atoms with van der Waals surface area (Å²) in [7, 11) is 0. The fourth-order valence-electron chi connectivity index (χ4n) is 1.60. The van der Waals surface area contributed by atoms with E-state index < -0.39 is 0 Å². The lowest BCUT2D eigenvalue weighted by molar-refractivity contribution is -0.130. The molecule has 0 bridgehead atoms. The monoisotopic (exact) mass is 198 g/mol. The van der Waals surface area contributed by atoms with Gasteiger partial charge in [-0.05, 0) is 24.8 Å². The van der Waals surface area contributed by atoms with E-state index in [0.29, 0.717) is 0 Å². The first kappa shape index (κ1) is 9.19. The third-order valence-corrected chi connectivity index (χ3v) is 3.16. The number of hydrogen-bond acceptors (Lipinski definition) is 3. The van der Waals surface area contributed by atoms with Crippen LogP contribution >= 0.6 is 11.3 Å². The number of thiophene rings is 1. The second-order valence-electron chi connectivity index (χ2n) is 3.10. The highest BCUT2D eigenvalue weighted by Gasteiger charge is 2.26. The fraction of sp³-hybridized carbons (Fsp3) is 0.600. The smallest absolute Gasteiger partial charge is 0.158 e. The van der Waals surface area contributed by atoms with E-state index in [0.717, 1.165) is 19.4 Å². The third-order valence-electron chi connectivity index (χ3n) is 2.19. The van der Waals surface area contributed by atoms with Gasteiger partial charge in [-0.2, -0.15) is 0 Å². The van der Waals surface area contributed by atoms with Crippen LogP contribution in [-0.4, -0.2) is 12.9 Å². The fourth-order valence-corrected chi connectivity index (χ4v) is 2.40. The van der Waals surface area contributed by atoms with Crippen molar-refractivity contribution in [2.75, 3.05) is 6.61 Å². The minimum atomic E-state index is 0.0251. The van der Waals surface area contributed by atoms with Crippen LogP contribution in [0.5, 0.6) is 0 Å². The van der Waals surface area contributed by atoms with Gasteiger partial charge in [0, 0.05) is 17.9 Å². The van der Waals surface area contributed by atoms with Crippen molar-refractivity contribution >= 4 is 11.3 Å². The predicted molar refractivity (Wildman–Crippen MR) is 52.8 cm³/mol. The van der Waals surface area contributed by atoms with E-state index in [-0.39, 0.29) is 12.4 Å². The van der Waals surface area contributed by atoms with Crippen LogP contribution in [0.1, 0.15) is 30.7 Å². The van der Waals surface area contributed by atoms with Gasteiger partial charge in [-0.1, -0.05) is 6.07 Å². The lowest BCUT2D eigenvalue weighted by Gasteiger charge is -2.11. The Morgan fingerprint density at radius 3 is 3.23 bits per heavy atom. The average molecular weight is 198 g/mol. The summed E-state index contributed by atoms with van der Waals surface area (Å²) < 4.78 is 11.1. The predicted octanol–water partition coefficient (Wildman–Crippen LogP) is 2.96.